The van der Waals surface area contributed by atoms with Gasteiger partial charge in [0.15, 0.2) is 0 Å². The summed E-state index contributed by atoms with van der Waals surface area (Å²) in [6.45, 7) is 0.937. The van der Waals surface area contributed by atoms with Crippen LogP contribution in [0.4, 0.5) is 16.2 Å². The minimum Gasteiger partial charge on any atom is -0.497 e. The second-order valence-corrected chi connectivity index (χ2v) is 6.89. The van der Waals surface area contributed by atoms with Gasteiger partial charge in [-0.15, -0.1) is 0 Å². The molecule has 0 saturated carbocycles. The number of hydrogen-bond donors (Lipinski definition) is 2. The van der Waals surface area contributed by atoms with Crippen molar-refractivity contribution < 1.29 is 19.1 Å². The molecule has 2 aromatic rings. The second kappa shape index (κ2) is 8.84. The average Bonchev–Trinajstić information content (AvgIpc) is 3.08. The van der Waals surface area contributed by atoms with E-state index in [1.165, 1.54) is 7.11 Å². The SMILES string of the molecule is COc1ccc(NC(=O)NC[C@H]2CC(=O)N(c3ccc(Cl)cc3)C2)c(OC)c1. The smallest absolute Gasteiger partial charge is 0.319 e. The Bertz CT molecular complexity index is 857. The van der Waals surface area contributed by atoms with E-state index >= 15 is 0 Å². The Hall–Kier alpha value is -2.93. The van der Waals surface area contributed by atoms with Gasteiger partial charge in [-0.2, -0.15) is 0 Å². The normalized spacial score (nSPS) is 16.0. The van der Waals surface area contributed by atoms with E-state index in [-0.39, 0.29) is 17.9 Å². The first-order valence-electron chi connectivity index (χ1n) is 8.83. The molecule has 2 aromatic carbocycles. The van der Waals surface area contributed by atoms with Gasteiger partial charge < -0.3 is 25.0 Å². The van der Waals surface area contributed by atoms with Crippen LogP contribution in [0.2, 0.25) is 5.02 Å². The Labute approximate surface area is 168 Å². The number of amides is 3. The summed E-state index contributed by atoms with van der Waals surface area (Å²) in [6.07, 6.45) is 0.384. The fourth-order valence-electron chi connectivity index (χ4n) is 3.09. The van der Waals surface area contributed by atoms with Crippen LogP contribution in [-0.4, -0.2) is 39.2 Å². The van der Waals surface area contributed by atoms with Gasteiger partial charge in [0, 0.05) is 42.2 Å². The van der Waals surface area contributed by atoms with Crippen molar-refractivity contribution in [2.75, 3.05) is 37.5 Å². The number of hydrogen-bond acceptors (Lipinski definition) is 4. The molecule has 7 nitrogen and oxygen atoms in total. The van der Waals surface area contributed by atoms with Crippen LogP contribution in [0.1, 0.15) is 6.42 Å². The van der Waals surface area contributed by atoms with Crippen molar-refractivity contribution in [3.8, 4) is 11.5 Å². The third kappa shape index (κ3) is 4.67. The summed E-state index contributed by atoms with van der Waals surface area (Å²) >= 11 is 5.90. The number of nitrogens with one attached hydrogen (secondary N) is 2. The van der Waals surface area contributed by atoms with Gasteiger partial charge in [0.25, 0.3) is 0 Å². The molecule has 1 atom stereocenters. The first-order chi connectivity index (χ1) is 13.5. The maximum Gasteiger partial charge on any atom is 0.319 e. The molecule has 0 aliphatic carbocycles. The molecule has 1 heterocycles. The molecule has 0 radical (unpaired) electrons. The highest BCUT2D eigenvalue weighted by Gasteiger charge is 2.30. The molecule has 1 aliphatic heterocycles. The molecule has 0 unspecified atom stereocenters. The number of methoxy groups -OCH3 is 2. The lowest BCUT2D eigenvalue weighted by molar-refractivity contribution is -0.117. The number of urea groups is 1. The van der Waals surface area contributed by atoms with Crippen molar-refractivity contribution in [2.45, 2.75) is 6.42 Å². The molecule has 2 N–H and O–H groups in total. The molecule has 28 heavy (non-hydrogen) atoms. The topological polar surface area (TPSA) is 79.9 Å². The molecule has 1 saturated heterocycles. The Kier molecular flexibility index (Phi) is 6.26. The zero-order valence-corrected chi connectivity index (χ0v) is 16.5. The van der Waals surface area contributed by atoms with Crippen molar-refractivity contribution in [2.24, 2.45) is 5.92 Å². The fraction of sp³-hybridized carbons (Fsp3) is 0.300. The number of halogens is 1. The van der Waals surface area contributed by atoms with Crippen molar-refractivity contribution >= 4 is 34.9 Å². The third-order valence-electron chi connectivity index (χ3n) is 4.55. The molecule has 1 aliphatic rings. The lowest BCUT2D eigenvalue weighted by atomic mass is 10.1. The van der Waals surface area contributed by atoms with E-state index in [0.29, 0.717) is 41.7 Å². The lowest BCUT2D eigenvalue weighted by Crippen LogP contribution is -2.34. The number of nitrogens with zero attached hydrogens (tertiary/aromatic N) is 1. The van der Waals surface area contributed by atoms with Gasteiger partial charge in [-0.1, -0.05) is 11.6 Å². The number of benzene rings is 2. The summed E-state index contributed by atoms with van der Waals surface area (Å²) in [5.41, 5.74) is 1.34. The van der Waals surface area contributed by atoms with Gasteiger partial charge in [-0.3, -0.25) is 4.79 Å². The van der Waals surface area contributed by atoms with Gasteiger partial charge in [0.2, 0.25) is 5.91 Å². The van der Waals surface area contributed by atoms with E-state index in [9.17, 15) is 9.59 Å². The Morgan fingerprint density at radius 2 is 1.93 bits per heavy atom. The van der Waals surface area contributed by atoms with Gasteiger partial charge in [0.05, 0.1) is 19.9 Å². The van der Waals surface area contributed by atoms with Crippen molar-refractivity contribution in [1.29, 1.82) is 0 Å². The summed E-state index contributed by atoms with van der Waals surface area (Å²) in [4.78, 5) is 26.2. The van der Waals surface area contributed by atoms with E-state index < -0.39 is 0 Å². The number of carbonyl (C=O) groups is 2. The minimum atomic E-state index is -0.360. The average molecular weight is 404 g/mol. The van der Waals surface area contributed by atoms with Crippen LogP contribution in [-0.2, 0) is 4.79 Å². The first-order valence-corrected chi connectivity index (χ1v) is 9.20. The van der Waals surface area contributed by atoms with Crippen molar-refractivity contribution in [3.05, 3.63) is 47.5 Å². The lowest BCUT2D eigenvalue weighted by Gasteiger charge is -2.17. The molecule has 3 rings (SSSR count). The highest BCUT2D eigenvalue weighted by molar-refractivity contribution is 6.30. The van der Waals surface area contributed by atoms with Gasteiger partial charge in [0.1, 0.15) is 11.5 Å². The highest BCUT2D eigenvalue weighted by atomic mass is 35.5. The summed E-state index contributed by atoms with van der Waals surface area (Å²) in [6, 6.07) is 11.9. The van der Waals surface area contributed by atoms with Gasteiger partial charge >= 0.3 is 6.03 Å². The van der Waals surface area contributed by atoms with Crippen LogP contribution < -0.4 is 25.0 Å². The van der Waals surface area contributed by atoms with Gasteiger partial charge in [-0.25, -0.2) is 4.79 Å². The summed E-state index contributed by atoms with van der Waals surface area (Å²) in [7, 11) is 3.08. The second-order valence-electron chi connectivity index (χ2n) is 6.45. The number of anilines is 2. The monoisotopic (exact) mass is 403 g/mol. The molecule has 8 heteroatoms. The highest BCUT2D eigenvalue weighted by Crippen LogP contribution is 2.29. The van der Waals surface area contributed by atoms with E-state index in [1.54, 1.807) is 42.3 Å². The van der Waals surface area contributed by atoms with Gasteiger partial charge in [-0.05, 0) is 36.4 Å². The largest absolute Gasteiger partial charge is 0.497 e. The van der Waals surface area contributed by atoms with Crippen LogP contribution >= 0.6 is 11.6 Å². The first kappa shape index (κ1) is 19.8. The summed E-state index contributed by atoms with van der Waals surface area (Å²) < 4.78 is 10.4. The van der Waals surface area contributed by atoms with E-state index in [0.717, 1.165) is 5.69 Å². The molecular formula is C20H22ClN3O4. The Morgan fingerprint density at radius 3 is 2.61 bits per heavy atom. The fourth-order valence-corrected chi connectivity index (χ4v) is 3.22. The maximum absolute atomic E-state index is 12.3. The molecule has 3 amide bonds. The number of rotatable bonds is 6. The van der Waals surface area contributed by atoms with Crippen LogP contribution in [0.5, 0.6) is 11.5 Å². The number of carbonyl (C=O) groups excluding carboxylic acids is 2. The predicted octanol–water partition coefficient (Wildman–Crippen LogP) is 3.53. The van der Waals surface area contributed by atoms with Crippen LogP contribution in [0.3, 0.4) is 0 Å². The zero-order valence-electron chi connectivity index (χ0n) is 15.7. The van der Waals surface area contributed by atoms with E-state index in [4.69, 9.17) is 21.1 Å². The standard InChI is InChI=1S/C20H22ClN3O4/c1-27-16-7-8-17(18(10-16)28-2)23-20(26)22-11-13-9-19(25)24(12-13)15-5-3-14(21)4-6-15/h3-8,10,13H,9,11-12H2,1-2H3,(H2,22,23,26)/t13-/m1/s1. The summed E-state index contributed by atoms with van der Waals surface area (Å²) in [5.74, 6) is 1.20. The molecule has 148 valence electrons. The Balaban J connectivity index is 1.54. The van der Waals surface area contributed by atoms with E-state index in [1.807, 2.05) is 12.1 Å². The zero-order chi connectivity index (χ0) is 20.1. The molecular weight excluding hydrogens is 382 g/mol. The maximum atomic E-state index is 12.3. The molecule has 1 fully saturated rings. The molecule has 0 bridgehead atoms. The van der Waals surface area contributed by atoms with Crippen molar-refractivity contribution in [1.82, 2.24) is 5.32 Å². The van der Waals surface area contributed by atoms with Crippen LogP contribution in [0, 0.1) is 5.92 Å². The van der Waals surface area contributed by atoms with Crippen molar-refractivity contribution in [3.63, 3.8) is 0 Å². The molecule has 0 aromatic heterocycles. The summed E-state index contributed by atoms with van der Waals surface area (Å²) in [5, 5.41) is 6.20. The third-order valence-corrected chi connectivity index (χ3v) is 4.80. The number of ether oxygens (including phenoxy) is 2. The molecule has 0 spiro atoms. The Morgan fingerprint density at radius 1 is 1.18 bits per heavy atom. The van der Waals surface area contributed by atoms with Crippen LogP contribution in [0.15, 0.2) is 42.5 Å². The quantitative estimate of drug-likeness (QED) is 0.773. The van der Waals surface area contributed by atoms with E-state index in [2.05, 4.69) is 10.6 Å². The van der Waals surface area contributed by atoms with Crippen LogP contribution in [0.25, 0.3) is 0 Å². The predicted molar refractivity (Wildman–Crippen MR) is 108 cm³/mol. The minimum absolute atomic E-state index is 0.0337.